The van der Waals surface area contributed by atoms with Crippen molar-refractivity contribution in [3.05, 3.63) is 186 Å². The van der Waals surface area contributed by atoms with E-state index in [4.69, 9.17) is 33.2 Å². The molecule has 8 aliphatic rings. The number of fused-ring (bicyclic) bond motifs is 4. The van der Waals surface area contributed by atoms with Gasteiger partial charge in [0.2, 0.25) is 0 Å². The number of hydrogen-bond acceptors (Lipinski definition) is 32. The van der Waals surface area contributed by atoms with Gasteiger partial charge in [0.1, 0.15) is 91.5 Å². The lowest BCUT2D eigenvalue weighted by atomic mass is 9.83. The minimum Gasteiger partial charge on any atom is -0.391 e. The number of nitrogens with one attached hydrogen (secondary N) is 12. The number of aromatic nitrogens is 16. The summed E-state index contributed by atoms with van der Waals surface area (Å²) < 4.78 is 51.5. The molecule has 12 heterocycles. The van der Waals surface area contributed by atoms with Crippen LogP contribution in [0.4, 0.5) is 69.3 Å². The highest BCUT2D eigenvalue weighted by Crippen LogP contribution is 2.39. The van der Waals surface area contributed by atoms with E-state index in [2.05, 4.69) is 111 Å². The third-order valence-corrected chi connectivity index (χ3v) is 29.5. The number of rotatable bonds is 31. The third kappa shape index (κ3) is 21.7. The lowest BCUT2D eigenvalue weighted by Crippen LogP contribution is -2.51. The van der Waals surface area contributed by atoms with E-state index in [1.54, 1.807) is 175 Å². The number of carbonyl (C=O) groups excluding carboxylic acids is 4. The summed E-state index contributed by atoms with van der Waals surface area (Å²) in [6.07, 6.45) is 33.8. The Morgan fingerprint density at radius 2 is 0.643 bits per heavy atom. The Morgan fingerprint density at radius 1 is 0.357 bits per heavy atom. The molecule has 4 amide bonds. The van der Waals surface area contributed by atoms with Crippen molar-refractivity contribution in [3.8, 4) is 0 Å². The highest BCUT2D eigenvalue weighted by atomic mass is 16.5. The summed E-state index contributed by atoms with van der Waals surface area (Å²) in [7, 11) is 18.8. The van der Waals surface area contributed by atoms with Gasteiger partial charge in [-0.1, -0.05) is 0 Å². The molecule has 0 aliphatic heterocycles. The van der Waals surface area contributed by atoms with E-state index in [0.717, 1.165) is 141 Å². The van der Waals surface area contributed by atoms with Gasteiger partial charge in [0.15, 0.2) is 22.6 Å². The molecule has 44 nitrogen and oxygen atoms in total. The van der Waals surface area contributed by atoms with Crippen LogP contribution in [0.15, 0.2) is 142 Å². The van der Waals surface area contributed by atoms with Crippen molar-refractivity contribution in [1.29, 1.82) is 0 Å². The number of amides is 4. The van der Waals surface area contributed by atoms with Gasteiger partial charge >= 0.3 is 0 Å². The Morgan fingerprint density at radius 3 is 0.902 bits per heavy atom. The van der Waals surface area contributed by atoms with E-state index in [1.165, 1.54) is 24.8 Å². The Labute approximate surface area is 824 Å². The van der Waals surface area contributed by atoms with E-state index in [0.29, 0.717) is 121 Å². The predicted molar refractivity (Wildman–Crippen MR) is 540 cm³/mol. The Bertz CT molecular complexity index is 6610. The summed E-state index contributed by atoms with van der Waals surface area (Å²) in [4.78, 5) is 124. The topological polar surface area (TPSA) is 506 Å². The first-order valence-electron chi connectivity index (χ1n) is 49.2. The van der Waals surface area contributed by atoms with Gasteiger partial charge in [0.25, 0.3) is 45.9 Å². The number of anilines is 12. The first kappa shape index (κ1) is 101. The van der Waals surface area contributed by atoms with Crippen LogP contribution in [0.1, 0.15) is 220 Å². The lowest BCUT2D eigenvalue weighted by molar-refractivity contribution is -0.0325. The molecule has 0 aromatic carbocycles. The number of aliphatic hydroxyl groups excluding tert-OH is 1. The Balaban J connectivity index is 0.000000131. The summed E-state index contributed by atoms with van der Waals surface area (Å²) in [5.41, 5.74) is 3.83. The van der Waals surface area contributed by atoms with Gasteiger partial charge in [0, 0.05) is 145 Å². The van der Waals surface area contributed by atoms with Crippen molar-refractivity contribution in [2.45, 2.75) is 251 Å². The van der Waals surface area contributed by atoms with Crippen LogP contribution < -0.4 is 86.0 Å². The molecule has 0 radical (unpaired) electrons. The average Bonchev–Trinajstić information content (AvgIpc) is 1.65. The SMILES string of the molecule is CNc1cc(Nc2cccn(C3CCC(C)(OC)CC3)c2=O)nc2c(C(=O)N[C@H]3CC[C@@H]3OC)cnn12.CNc1cc(Nc2cccn([C@@H]3CCC[C@@H](OC)C3)c2=O)nc2c(C(=O)N[C@H]3CC[C@@H]3OC)cnn12.CNc1cc(Nc2cccn([C@H]3CCC[C@H](OC)C3)c2=O)nc2c(C(=O)N[C@H]3CC[C@@H]3OC)cnn12.CNc1cc(Nc2cccn([C@H]3CCC[C@H]3O)c2=O)nc2c(C(=O)N[C@H]3CC[C@@H]3OC)cnn12. The van der Waals surface area contributed by atoms with Crippen LogP contribution >= 0.6 is 0 Å². The van der Waals surface area contributed by atoms with Gasteiger partial charge in [-0.15, -0.1) is 0 Å². The summed E-state index contributed by atoms with van der Waals surface area (Å²) in [5, 5.41) is 64.6. The normalized spacial score (nSPS) is 24.3. The van der Waals surface area contributed by atoms with Crippen LogP contribution in [0.5, 0.6) is 0 Å². The molecular weight excluding hydrogens is 1840 g/mol. The van der Waals surface area contributed by atoms with Crippen molar-refractivity contribution in [1.82, 2.24) is 97.9 Å². The van der Waals surface area contributed by atoms with Gasteiger partial charge in [-0.3, -0.25) is 38.4 Å². The zero-order valence-electron chi connectivity index (χ0n) is 82.7. The van der Waals surface area contributed by atoms with Crippen molar-refractivity contribution in [3.63, 3.8) is 0 Å². The fraction of sp³-hybridized carbons (Fsp3) is 0.515. The number of ether oxygens (including phenoxy) is 7. The minimum atomic E-state index is -0.528. The monoisotopic (exact) mass is 1970 g/mol. The zero-order chi connectivity index (χ0) is 100. The highest BCUT2D eigenvalue weighted by molar-refractivity contribution is 6.03. The summed E-state index contributed by atoms with van der Waals surface area (Å²) in [6.45, 7) is 2.12. The number of methoxy groups -OCH3 is 7. The van der Waals surface area contributed by atoms with Crippen molar-refractivity contribution < 1.29 is 57.4 Å². The van der Waals surface area contributed by atoms with E-state index in [9.17, 15) is 43.5 Å². The predicted octanol–water partition coefficient (Wildman–Crippen LogP) is 10.2. The lowest BCUT2D eigenvalue weighted by Gasteiger charge is -2.36. The van der Waals surface area contributed by atoms with Crippen LogP contribution in [0.25, 0.3) is 22.6 Å². The van der Waals surface area contributed by atoms with Crippen LogP contribution in [0, 0.1) is 0 Å². The molecule has 143 heavy (non-hydrogen) atoms. The van der Waals surface area contributed by atoms with Crippen molar-refractivity contribution >= 4 is 116 Å². The molecule has 8 fully saturated rings. The van der Waals surface area contributed by atoms with Gasteiger partial charge < -0.3 is 120 Å². The zero-order valence-corrected chi connectivity index (χ0v) is 82.7. The summed E-state index contributed by atoms with van der Waals surface area (Å²) in [6, 6.07) is 21.2. The molecule has 0 spiro atoms. The molecule has 8 saturated carbocycles. The maximum Gasteiger partial charge on any atom is 0.274 e. The molecule has 13 N–H and O–H groups in total. The van der Waals surface area contributed by atoms with Crippen LogP contribution in [0.3, 0.4) is 0 Å². The smallest absolute Gasteiger partial charge is 0.274 e. The van der Waals surface area contributed by atoms with Crippen LogP contribution in [-0.2, 0) is 33.2 Å². The standard InChI is InChI=1S/C26H35N7O4.2C25H33N7O4.C23H29N7O4/c1-26(37-4)11-9-16(10-12-26)32-13-5-6-19(25(32)35)29-21-14-22(27-2)33-23(31-21)17(15-28-33)24(34)30-18-7-8-20(18)36-3;2*1-26-22-13-21(28-19-8-5-11-31(25(19)34)15-6-4-7-16(12-15)35-2)30-23-17(14-27-32(22)23)24(33)29-18-9-10-20(18)36-3;1-24-20-11-19(26-15-5-4-10-29(23(15)33)16-6-3-7-17(16)31)28-21-13(12-25-30(20)21)22(32)27-14-8-9-18(14)34-2/h5-6,13-16,18,20,27H,7-12H2,1-4H3,(H,29,31)(H,30,34);2*5,8,11,13-16,18,20,26H,4,6-7,9-10,12H2,1-3H3,(H,28,30)(H,29,33);4-5,10-12,14,16-18,24,31H,3,6-9H2,1-2H3,(H,26,28)(H,27,32)/t16?,18-,20-,26?;15-,16-,18+,20+;15-,16-,18-,20-;14-,16-,17+,18-/m0100/s1. The fourth-order valence-corrected chi connectivity index (χ4v) is 20.3. The number of carbonyl (C=O) groups is 4. The van der Waals surface area contributed by atoms with E-state index < -0.39 is 6.10 Å². The van der Waals surface area contributed by atoms with Gasteiger partial charge in [-0.2, -0.15) is 38.5 Å². The van der Waals surface area contributed by atoms with Crippen LogP contribution in [0.2, 0.25) is 0 Å². The second-order valence-corrected chi connectivity index (χ2v) is 37.9. The molecule has 0 bridgehead atoms. The average molecular weight is 1970 g/mol. The van der Waals surface area contributed by atoms with E-state index >= 15 is 0 Å². The number of pyridine rings is 4. The Hall–Kier alpha value is -13.8. The van der Waals surface area contributed by atoms with E-state index in [-0.39, 0.29) is 136 Å². The quantitative estimate of drug-likeness (QED) is 0.0192. The van der Waals surface area contributed by atoms with Crippen LogP contribution in [-0.4, -0.2) is 256 Å². The maximum absolute atomic E-state index is 13.4. The van der Waals surface area contributed by atoms with E-state index in [1.807, 2.05) is 36.8 Å². The van der Waals surface area contributed by atoms with Gasteiger partial charge in [-0.05, 0) is 203 Å². The molecule has 12 aromatic rings. The minimum absolute atomic E-state index is 0.0162. The molecule has 44 heteroatoms. The summed E-state index contributed by atoms with van der Waals surface area (Å²) >= 11 is 0. The number of aliphatic hydroxyl groups is 1. The molecule has 0 saturated heterocycles. The molecule has 14 atom stereocenters. The Kier molecular flexibility index (Phi) is 31.6. The second-order valence-electron chi connectivity index (χ2n) is 37.9. The van der Waals surface area contributed by atoms with Crippen molar-refractivity contribution in [2.75, 3.05) is 120 Å². The molecule has 8 aliphatic carbocycles. The number of nitrogens with zero attached hydrogens (tertiary/aromatic N) is 16. The van der Waals surface area contributed by atoms with Gasteiger partial charge in [0.05, 0.1) is 103 Å². The molecular formula is C99H130N28O16. The first-order chi connectivity index (χ1) is 69.4. The number of hydrogen-bond donors (Lipinski definition) is 13. The largest absolute Gasteiger partial charge is 0.391 e. The molecule has 762 valence electrons. The van der Waals surface area contributed by atoms with Crippen molar-refractivity contribution in [2.24, 2.45) is 0 Å². The third-order valence-electron chi connectivity index (χ3n) is 29.5. The maximum atomic E-state index is 13.4. The molecule has 20 rings (SSSR count). The second kappa shape index (κ2) is 44.8. The summed E-state index contributed by atoms with van der Waals surface area (Å²) in [5.74, 6) is 3.17. The fourth-order valence-electron chi connectivity index (χ4n) is 20.3. The molecule has 12 aromatic heterocycles. The highest BCUT2D eigenvalue weighted by Gasteiger charge is 2.40. The molecule has 0 unspecified atom stereocenters. The first-order valence-corrected chi connectivity index (χ1v) is 49.2. The van der Waals surface area contributed by atoms with Gasteiger partial charge in [-0.25, -0.2) is 19.9 Å².